The summed E-state index contributed by atoms with van der Waals surface area (Å²) in [6.45, 7) is 5.94. The molecule has 0 saturated carbocycles. The smallest absolute Gasteiger partial charge is 0.261 e. The summed E-state index contributed by atoms with van der Waals surface area (Å²) in [5.41, 5.74) is -0.160. The predicted octanol–water partition coefficient (Wildman–Crippen LogP) is 5.13. The largest absolute Gasteiger partial charge is 0.416 e. The van der Waals surface area contributed by atoms with Crippen molar-refractivity contribution in [3.8, 4) is 0 Å². The van der Waals surface area contributed by atoms with Crippen LogP contribution in [0.25, 0.3) is 0 Å². The molecule has 118 valence electrons. The molecule has 0 aliphatic carbocycles. The Balaban J connectivity index is 2.45. The third-order valence-electron chi connectivity index (χ3n) is 3.21. The molecule has 0 fully saturated rings. The minimum Gasteiger partial charge on any atom is -0.261 e. The van der Waals surface area contributed by atoms with Crippen LogP contribution in [0.2, 0.25) is 0 Å². The van der Waals surface area contributed by atoms with Gasteiger partial charge in [-0.05, 0) is 46.9 Å². The van der Waals surface area contributed by atoms with E-state index < -0.39 is 24.0 Å². The summed E-state index contributed by atoms with van der Waals surface area (Å²) >= 11 is 0. The maximum atomic E-state index is 13.5. The van der Waals surface area contributed by atoms with Gasteiger partial charge in [0.15, 0.2) is 0 Å². The molecule has 2 rings (SSSR count). The van der Waals surface area contributed by atoms with Crippen molar-refractivity contribution in [2.45, 2.75) is 38.8 Å². The number of alkyl halides is 3. The highest BCUT2D eigenvalue weighted by Gasteiger charge is 2.31. The first-order valence-electron chi connectivity index (χ1n) is 7.32. The van der Waals surface area contributed by atoms with Crippen molar-refractivity contribution in [2.24, 2.45) is 0 Å². The van der Waals surface area contributed by atoms with Crippen molar-refractivity contribution < 1.29 is 18.9 Å². The lowest BCUT2D eigenvalue weighted by molar-refractivity contribution is -0.137. The third kappa shape index (κ3) is 4.06. The first kappa shape index (κ1) is 15.0. The maximum Gasteiger partial charge on any atom is 0.416 e. The molecule has 0 bridgehead atoms. The van der Waals surface area contributed by atoms with E-state index in [0.29, 0.717) is 6.07 Å². The van der Waals surface area contributed by atoms with E-state index in [9.17, 15) is 17.6 Å². The van der Waals surface area contributed by atoms with Crippen LogP contribution in [0.5, 0.6) is 0 Å². The van der Waals surface area contributed by atoms with E-state index in [1.54, 1.807) is 12.1 Å². The van der Waals surface area contributed by atoms with Gasteiger partial charge in [-0.25, -0.2) is 4.39 Å². The molecular weight excluding hydrogens is 294 g/mol. The molecular formula is C17H17F4N. The van der Waals surface area contributed by atoms with Crippen LogP contribution < -0.4 is 0 Å². The Labute approximate surface area is 128 Å². The third-order valence-corrected chi connectivity index (χ3v) is 3.21. The van der Waals surface area contributed by atoms with Crippen molar-refractivity contribution in [3.63, 3.8) is 0 Å². The van der Waals surface area contributed by atoms with Gasteiger partial charge in [-0.2, -0.15) is 13.2 Å². The minimum atomic E-state index is -4.66. The molecule has 0 aliphatic heterocycles. The molecule has 0 aliphatic rings. The Morgan fingerprint density at radius 3 is 2.32 bits per heavy atom. The van der Waals surface area contributed by atoms with Crippen molar-refractivity contribution in [1.82, 2.24) is 4.98 Å². The Morgan fingerprint density at radius 1 is 1.05 bits per heavy atom. The fourth-order valence-electron chi connectivity index (χ4n) is 2.02. The molecule has 1 atom stereocenters. The van der Waals surface area contributed by atoms with Gasteiger partial charge in [0.25, 0.3) is 0 Å². The van der Waals surface area contributed by atoms with Crippen LogP contribution in [0.4, 0.5) is 17.6 Å². The Bertz CT molecular complexity index is 704. The Morgan fingerprint density at radius 2 is 1.73 bits per heavy atom. The summed E-state index contributed by atoms with van der Waals surface area (Å²) in [4.78, 5) is 4.06. The van der Waals surface area contributed by atoms with Crippen LogP contribution in [-0.2, 0) is 18.0 Å². The first-order valence-corrected chi connectivity index (χ1v) is 6.75. The van der Waals surface area contributed by atoms with E-state index >= 15 is 0 Å². The number of aromatic nitrogens is 1. The van der Waals surface area contributed by atoms with Crippen molar-refractivity contribution in [2.75, 3.05) is 0 Å². The average Bonchev–Trinajstić information content (AvgIpc) is 2.44. The van der Waals surface area contributed by atoms with Gasteiger partial charge in [0.05, 0.1) is 5.56 Å². The fourth-order valence-corrected chi connectivity index (χ4v) is 2.02. The second-order valence-corrected chi connectivity index (χ2v) is 6.13. The molecule has 22 heavy (non-hydrogen) atoms. The number of rotatable bonds is 2. The number of halogens is 4. The van der Waals surface area contributed by atoms with E-state index in [0.717, 1.165) is 17.7 Å². The van der Waals surface area contributed by atoms with E-state index in [1.165, 1.54) is 6.20 Å². The van der Waals surface area contributed by atoms with Crippen LogP contribution in [0.15, 0.2) is 36.5 Å². The van der Waals surface area contributed by atoms with Gasteiger partial charge in [0.1, 0.15) is 5.82 Å². The lowest BCUT2D eigenvalue weighted by atomic mass is 9.87. The Kier molecular flexibility index (Phi) is 3.89. The SMILES string of the molecule is [2H]C(c1cc(F)cc(C(F)(F)F)c1)c1cc(C(C)(C)C)ccn1. The molecule has 5 heteroatoms. The van der Waals surface area contributed by atoms with Gasteiger partial charge in [-0.3, -0.25) is 4.98 Å². The van der Waals surface area contributed by atoms with Gasteiger partial charge < -0.3 is 0 Å². The molecule has 0 radical (unpaired) electrons. The van der Waals surface area contributed by atoms with Gasteiger partial charge in [-0.15, -0.1) is 0 Å². The summed E-state index contributed by atoms with van der Waals surface area (Å²) in [7, 11) is 0. The van der Waals surface area contributed by atoms with E-state index in [1.807, 2.05) is 20.8 Å². The summed E-state index contributed by atoms with van der Waals surface area (Å²) in [5.74, 6) is -1.01. The van der Waals surface area contributed by atoms with Crippen LogP contribution in [0.1, 0.15) is 44.5 Å². The predicted molar refractivity (Wildman–Crippen MR) is 77.1 cm³/mol. The highest BCUT2D eigenvalue weighted by atomic mass is 19.4. The second-order valence-electron chi connectivity index (χ2n) is 6.13. The average molecular weight is 312 g/mol. The molecule has 1 aromatic heterocycles. The van der Waals surface area contributed by atoms with Gasteiger partial charge >= 0.3 is 6.18 Å². The molecule has 0 amide bonds. The van der Waals surface area contributed by atoms with E-state index in [2.05, 4.69) is 4.98 Å². The number of hydrogen-bond acceptors (Lipinski definition) is 1. The quantitative estimate of drug-likeness (QED) is 0.701. The van der Waals surface area contributed by atoms with Crippen molar-refractivity contribution in [3.05, 3.63) is 64.7 Å². The lowest BCUT2D eigenvalue weighted by Crippen LogP contribution is -2.12. The standard InChI is InChI=1S/C17H17F4N/c1-16(2,3)12-4-5-22-15(10-12)8-11-6-13(17(19,20)21)9-14(18)7-11/h4-7,9-10H,8H2,1-3H3/i8D. The zero-order valence-corrected chi connectivity index (χ0v) is 12.5. The zero-order chi connectivity index (χ0) is 17.4. The number of nitrogens with zero attached hydrogens (tertiary/aromatic N) is 1. The topological polar surface area (TPSA) is 12.9 Å². The van der Waals surface area contributed by atoms with Gasteiger partial charge in [0, 0.05) is 19.7 Å². The van der Waals surface area contributed by atoms with Gasteiger partial charge in [-0.1, -0.05) is 20.8 Å². The summed E-state index contributed by atoms with van der Waals surface area (Å²) in [6, 6.07) is 5.64. The summed E-state index contributed by atoms with van der Waals surface area (Å²) in [6.07, 6.45) is -4.33. The number of benzene rings is 1. The normalized spacial score (nSPS) is 14.6. The number of hydrogen-bond donors (Lipinski definition) is 0. The van der Waals surface area contributed by atoms with Gasteiger partial charge in [0.2, 0.25) is 0 Å². The molecule has 0 saturated heterocycles. The number of pyridine rings is 1. The highest BCUT2D eigenvalue weighted by molar-refractivity contribution is 5.32. The van der Waals surface area contributed by atoms with Crippen LogP contribution in [-0.4, -0.2) is 4.98 Å². The maximum absolute atomic E-state index is 13.5. The molecule has 2 aromatic rings. The summed E-state index contributed by atoms with van der Waals surface area (Å²) < 4.78 is 60.0. The van der Waals surface area contributed by atoms with Crippen LogP contribution in [0, 0.1) is 5.82 Å². The lowest BCUT2D eigenvalue weighted by Gasteiger charge is -2.19. The van der Waals surface area contributed by atoms with Crippen LogP contribution >= 0.6 is 0 Å². The fraction of sp³-hybridized carbons (Fsp3) is 0.353. The summed E-state index contributed by atoms with van der Waals surface area (Å²) in [5, 5.41) is 0. The molecule has 1 nitrogen and oxygen atoms in total. The highest BCUT2D eigenvalue weighted by Crippen LogP contribution is 2.31. The molecule has 1 heterocycles. The first-order chi connectivity index (χ1) is 10.5. The van der Waals surface area contributed by atoms with E-state index in [4.69, 9.17) is 1.37 Å². The minimum absolute atomic E-state index is 0.0733. The molecule has 0 N–H and O–H groups in total. The van der Waals surface area contributed by atoms with Crippen molar-refractivity contribution >= 4 is 0 Å². The Hall–Kier alpha value is -1.91. The van der Waals surface area contributed by atoms with Crippen molar-refractivity contribution in [1.29, 1.82) is 0 Å². The second kappa shape index (κ2) is 5.71. The monoisotopic (exact) mass is 312 g/mol. The molecule has 0 spiro atoms. The van der Waals surface area contributed by atoms with E-state index in [-0.39, 0.29) is 16.7 Å². The molecule has 1 unspecified atom stereocenters. The zero-order valence-electron chi connectivity index (χ0n) is 13.5. The molecule has 1 aromatic carbocycles. The van der Waals surface area contributed by atoms with Crippen LogP contribution in [0.3, 0.4) is 0 Å².